The minimum Gasteiger partial charge on any atom is -0.388 e. The Morgan fingerprint density at radius 3 is 2.58 bits per heavy atom. The van der Waals surface area contributed by atoms with Gasteiger partial charge in [0.1, 0.15) is 11.5 Å². The van der Waals surface area contributed by atoms with Gasteiger partial charge in [-0.05, 0) is 6.42 Å². The van der Waals surface area contributed by atoms with Crippen molar-refractivity contribution in [3.63, 3.8) is 0 Å². The van der Waals surface area contributed by atoms with E-state index >= 15 is 0 Å². The summed E-state index contributed by atoms with van der Waals surface area (Å²) < 4.78 is 0. The fraction of sp³-hybridized carbons (Fsp3) is 0.583. The molecule has 1 aromatic heterocycles. The molecule has 1 aliphatic heterocycles. The molecule has 1 aliphatic rings. The van der Waals surface area contributed by atoms with Crippen LogP contribution in [0.1, 0.15) is 23.8 Å². The molecule has 2 unspecified atom stereocenters. The number of likely N-dealkylation sites (tertiary alicyclic amines) is 1. The molecule has 7 nitrogen and oxygen atoms in total. The SMILES string of the molecule is CCCNc1cnc(C(=O)N2CC(O)C(O)C2)cn1. The van der Waals surface area contributed by atoms with Crippen LogP contribution in [0.5, 0.6) is 0 Å². The van der Waals surface area contributed by atoms with Gasteiger partial charge in [0.2, 0.25) is 0 Å². The molecule has 2 atom stereocenters. The van der Waals surface area contributed by atoms with E-state index in [9.17, 15) is 15.0 Å². The standard InChI is InChI=1S/C12H18N4O3/c1-2-3-13-11-5-14-8(4-15-11)12(19)16-6-9(17)10(18)7-16/h4-5,9-10,17-18H,2-3,6-7H2,1H3,(H,13,15). The Hall–Kier alpha value is -1.73. The van der Waals surface area contributed by atoms with Gasteiger partial charge in [-0.1, -0.05) is 6.92 Å². The minimum absolute atomic E-state index is 0.123. The molecule has 0 saturated carbocycles. The summed E-state index contributed by atoms with van der Waals surface area (Å²) in [5.74, 6) is 0.296. The van der Waals surface area contributed by atoms with Gasteiger partial charge in [0.15, 0.2) is 0 Å². The second kappa shape index (κ2) is 5.94. The lowest BCUT2D eigenvalue weighted by atomic mass is 10.3. The van der Waals surface area contributed by atoms with Crippen LogP contribution in [0, 0.1) is 0 Å². The summed E-state index contributed by atoms with van der Waals surface area (Å²) in [5, 5.41) is 21.9. The van der Waals surface area contributed by atoms with E-state index in [1.54, 1.807) is 0 Å². The number of carbonyl (C=O) groups is 1. The van der Waals surface area contributed by atoms with E-state index in [1.165, 1.54) is 17.3 Å². The quantitative estimate of drug-likeness (QED) is 0.678. The summed E-state index contributed by atoms with van der Waals surface area (Å²) in [7, 11) is 0. The van der Waals surface area contributed by atoms with E-state index in [0.29, 0.717) is 5.82 Å². The number of hydrogen-bond donors (Lipinski definition) is 3. The molecular formula is C12H18N4O3. The Bertz CT molecular complexity index is 427. The van der Waals surface area contributed by atoms with Crippen LogP contribution in [-0.4, -0.2) is 62.8 Å². The number of hydrogen-bond acceptors (Lipinski definition) is 6. The third-order valence-electron chi connectivity index (χ3n) is 2.97. The predicted molar refractivity (Wildman–Crippen MR) is 68.7 cm³/mol. The Balaban J connectivity index is 2.00. The maximum Gasteiger partial charge on any atom is 0.274 e. The normalized spacial score (nSPS) is 22.6. The number of aliphatic hydroxyl groups is 2. The highest BCUT2D eigenvalue weighted by Crippen LogP contribution is 2.13. The molecule has 7 heteroatoms. The fourth-order valence-corrected chi connectivity index (χ4v) is 1.88. The van der Waals surface area contributed by atoms with Gasteiger partial charge in [0.05, 0.1) is 24.6 Å². The summed E-state index contributed by atoms with van der Waals surface area (Å²) in [6, 6.07) is 0. The number of nitrogens with zero attached hydrogens (tertiary/aromatic N) is 3. The maximum atomic E-state index is 12.0. The van der Waals surface area contributed by atoms with Crippen LogP contribution in [0.3, 0.4) is 0 Å². The molecule has 0 radical (unpaired) electrons. The molecule has 1 amide bonds. The first-order chi connectivity index (χ1) is 9.11. The van der Waals surface area contributed by atoms with E-state index in [1.807, 2.05) is 6.92 Å². The number of aliphatic hydroxyl groups excluding tert-OH is 2. The smallest absolute Gasteiger partial charge is 0.274 e. The van der Waals surface area contributed by atoms with E-state index in [0.717, 1.165) is 13.0 Å². The first-order valence-corrected chi connectivity index (χ1v) is 6.33. The number of carbonyl (C=O) groups excluding carboxylic acids is 1. The average Bonchev–Trinajstić information content (AvgIpc) is 2.76. The number of amides is 1. The topological polar surface area (TPSA) is 98.6 Å². The van der Waals surface area contributed by atoms with Gasteiger partial charge in [-0.15, -0.1) is 0 Å². The zero-order chi connectivity index (χ0) is 13.8. The summed E-state index contributed by atoms with van der Waals surface area (Å²) in [5.41, 5.74) is 0.211. The summed E-state index contributed by atoms with van der Waals surface area (Å²) >= 11 is 0. The van der Waals surface area contributed by atoms with Crippen molar-refractivity contribution < 1.29 is 15.0 Å². The molecule has 2 heterocycles. The van der Waals surface area contributed by atoms with E-state index in [4.69, 9.17) is 0 Å². The average molecular weight is 266 g/mol. The Morgan fingerprint density at radius 1 is 1.37 bits per heavy atom. The van der Waals surface area contributed by atoms with E-state index < -0.39 is 12.2 Å². The third kappa shape index (κ3) is 3.18. The molecule has 1 fully saturated rings. The molecule has 0 spiro atoms. The molecule has 0 aliphatic carbocycles. The third-order valence-corrected chi connectivity index (χ3v) is 2.97. The fourth-order valence-electron chi connectivity index (χ4n) is 1.88. The van der Waals surface area contributed by atoms with Crippen LogP contribution >= 0.6 is 0 Å². The molecule has 2 rings (SSSR count). The number of nitrogens with one attached hydrogen (secondary N) is 1. The summed E-state index contributed by atoms with van der Waals surface area (Å²) in [6.07, 6.45) is 2.11. The maximum absolute atomic E-state index is 12.0. The molecule has 19 heavy (non-hydrogen) atoms. The number of anilines is 1. The van der Waals surface area contributed by atoms with Crippen LogP contribution < -0.4 is 5.32 Å². The molecular weight excluding hydrogens is 248 g/mol. The second-order valence-electron chi connectivity index (χ2n) is 4.56. The molecule has 0 aromatic carbocycles. The van der Waals surface area contributed by atoms with E-state index in [2.05, 4.69) is 15.3 Å². The van der Waals surface area contributed by atoms with Gasteiger partial charge in [-0.25, -0.2) is 9.97 Å². The highest BCUT2D eigenvalue weighted by Gasteiger charge is 2.33. The molecule has 3 N–H and O–H groups in total. The summed E-state index contributed by atoms with van der Waals surface area (Å²) in [4.78, 5) is 21.6. The number of β-amino-alcohol motifs (C(OH)–C–C–N with tert-alkyl or cyclic N) is 2. The van der Waals surface area contributed by atoms with Gasteiger partial charge >= 0.3 is 0 Å². The Labute approximate surface area is 111 Å². The zero-order valence-corrected chi connectivity index (χ0v) is 10.8. The van der Waals surface area contributed by atoms with Gasteiger partial charge < -0.3 is 20.4 Å². The van der Waals surface area contributed by atoms with Crippen molar-refractivity contribution in [1.82, 2.24) is 14.9 Å². The molecule has 0 bridgehead atoms. The monoisotopic (exact) mass is 266 g/mol. The van der Waals surface area contributed by atoms with Gasteiger partial charge in [-0.3, -0.25) is 4.79 Å². The first kappa shape index (κ1) is 13.7. The Morgan fingerprint density at radius 2 is 2.05 bits per heavy atom. The summed E-state index contributed by atoms with van der Waals surface area (Å²) in [6.45, 7) is 3.09. The number of rotatable bonds is 4. The van der Waals surface area contributed by atoms with Crippen LogP contribution in [0.15, 0.2) is 12.4 Å². The lowest BCUT2D eigenvalue weighted by Gasteiger charge is -2.14. The van der Waals surface area contributed by atoms with Crippen molar-refractivity contribution in [3.8, 4) is 0 Å². The zero-order valence-electron chi connectivity index (χ0n) is 10.8. The highest BCUT2D eigenvalue weighted by atomic mass is 16.3. The lowest BCUT2D eigenvalue weighted by molar-refractivity contribution is 0.0572. The lowest BCUT2D eigenvalue weighted by Crippen LogP contribution is -2.30. The van der Waals surface area contributed by atoms with Crippen molar-refractivity contribution in [2.45, 2.75) is 25.6 Å². The molecule has 1 aromatic rings. The molecule has 104 valence electrons. The largest absolute Gasteiger partial charge is 0.388 e. The van der Waals surface area contributed by atoms with Gasteiger partial charge in [-0.2, -0.15) is 0 Å². The first-order valence-electron chi connectivity index (χ1n) is 6.33. The van der Waals surface area contributed by atoms with Crippen molar-refractivity contribution in [3.05, 3.63) is 18.1 Å². The predicted octanol–water partition coefficient (Wildman–Crippen LogP) is -0.524. The minimum atomic E-state index is -0.887. The number of aromatic nitrogens is 2. The molecule has 1 saturated heterocycles. The van der Waals surface area contributed by atoms with Crippen molar-refractivity contribution in [1.29, 1.82) is 0 Å². The van der Waals surface area contributed by atoms with Gasteiger partial charge in [0.25, 0.3) is 5.91 Å². The second-order valence-corrected chi connectivity index (χ2v) is 4.56. The van der Waals surface area contributed by atoms with Crippen LogP contribution in [-0.2, 0) is 0 Å². The van der Waals surface area contributed by atoms with Gasteiger partial charge in [0, 0.05) is 19.6 Å². The van der Waals surface area contributed by atoms with Crippen LogP contribution in [0.25, 0.3) is 0 Å². The van der Waals surface area contributed by atoms with Crippen LogP contribution in [0.4, 0.5) is 5.82 Å². The van der Waals surface area contributed by atoms with Crippen LogP contribution in [0.2, 0.25) is 0 Å². The highest BCUT2D eigenvalue weighted by molar-refractivity contribution is 5.92. The van der Waals surface area contributed by atoms with E-state index in [-0.39, 0.29) is 24.7 Å². The Kier molecular flexibility index (Phi) is 4.28. The van der Waals surface area contributed by atoms with Crippen molar-refractivity contribution >= 4 is 11.7 Å². The van der Waals surface area contributed by atoms with Crippen molar-refractivity contribution in [2.75, 3.05) is 25.0 Å². The van der Waals surface area contributed by atoms with Crippen molar-refractivity contribution in [2.24, 2.45) is 0 Å².